The fourth-order valence-corrected chi connectivity index (χ4v) is 4.14. The third-order valence-electron chi connectivity index (χ3n) is 5.67. The Morgan fingerprint density at radius 1 is 0.485 bits per heavy atom. The van der Waals surface area contributed by atoms with Crippen molar-refractivity contribution in [2.45, 2.75) is 0 Å². The molecular weight excluding hydrogens is 428 g/mol. The van der Waals surface area contributed by atoms with Crippen LogP contribution in [0.4, 0.5) is 0 Å². The van der Waals surface area contributed by atoms with Crippen LogP contribution in [0.15, 0.2) is 103 Å². The predicted octanol–water partition coefficient (Wildman–Crippen LogP) is 7.23. The fraction of sp³-hybridized carbons (Fsp3) is 0. The molecule has 5 heteroatoms. The fourth-order valence-electron chi connectivity index (χ4n) is 3.98. The monoisotopic (exact) mass is 444 g/mol. The van der Waals surface area contributed by atoms with Gasteiger partial charge in [-0.2, -0.15) is 9.97 Å². The molecule has 0 saturated heterocycles. The topological polar surface area (TPSA) is 51.6 Å². The van der Waals surface area contributed by atoms with Crippen molar-refractivity contribution in [3.8, 4) is 34.0 Å². The van der Waals surface area contributed by atoms with Crippen molar-refractivity contribution >= 4 is 33.1 Å². The third-order valence-corrected chi connectivity index (χ3v) is 5.83. The molecule has 0 bridgehead atoms. The summed E-state index contributed by atoms with van der Waals surface area (Å²) in [6.07, 6.45) is 1.89. The lowest BCUT2D eigenvalue weighted by Crippen LogP contribution is -1.97. The summed E-state index contributed by atoms with van der Waals surface area (Å²) in [6, 6.07) is 32.7. The molecule has 0 aliphatic heterocycles. The third kappa shape index (κ3) is 3.81. The van der Waals surface area contributed by atoms with Gasteiger partial charge >= 0.3 is 0 Å². The minimum Gasteiger partial charge on any atom is -0.256 e. The van der Waals surface area contributed by atoms with E-state index in [-0.39, 0.29) is 5.28 Å². The molecule has 4 aromatic carbocycles. The highest BCUT2D eigenvalue weighted by atomic mass is 35.5. The number of hydrogen-bond donors (Lipinski definition) is 0. The summed E-state index contributed by atoms with van der Waals surface area (Å²) >= 11 is 6.32. The van der Waals surface area contributed by atoms with Crippen molar-refractivity contribution in [3.63, 3.8) is 0 Å². The van der Waals surface area contributed by atoms with Gasteiger partial charge in [0.25, 0.3) is 0 Å². The molecule has 6 rings (SSSR count). The number of aromatic nitrogens is 4. The Morgan fingerprint density at radius 3 is 1.88 bits per heavy atom. The molecular formula is C28H17ClN4. The average molecular weight is 445 g/mol. The van der Waals surface area contributed by atoms with Gasteiger partial charge in [0.15, 0.2) is 11.6 Å². The number of hydrogen-bond acceptors (Lipinski definition) is 4. The second kappa shape index (κ2) is 8.08. The summed E-state index contributed by atoms with van der Waals surface area (Å²) in [5.74, 6) is 1.09. The zero-order valence-electron chi connectivity index (χ0n) is 17.5. The van der Waals surface area contributed by atoms with Gasteiger partial charge in [-0.05, 0) is 46.0 Å². The van der Waals surface area contributed by atoms with E-state index in [1.165, 1.54) is 5.39 Å². The number of rotatable bonds is 3. The Kier molecular flexibility index (Phi) is 4.78. The molecule has 0 saturated carbocycles. The zero-order chi connectivity index (χ0) is 22.2. The van der Waals surface area contributed by atoms with Crippen LogP contribution in [0.2, 0.25) is 5.28 Å². The lowest BCUT2D eigenvalue weighted by molar-refractivity contribution is 1.07. The molecule has 0 spiro atoms. The van der Waals surface area contributed by atoms with Gasteiger partial charge in [-0.25, -0.2) is 4.98 Å². The van der Waals surface area contributed by atoms with E-state index in [0.29, 0.717) is 11.6 Å². The molecule has 156 valence electrons. The average Bonchev–Trinajstić information content (AvgIpc) is 2.88. The van der Waals surface area contributed by atoms with Crippen molar-refractivity contribution in [2.24, 2.45) is 0 Å². The van der Waals surface area contributed by atoms with E-state index in [4.69, 9.17) is 16.6 Å². The summed E-state index contributed by atoms with van der Waals surface area (Å²) in [5, 5.41) is 4.57. The van der Waals surface area contributed by atoms with Crippen LogP contribution >= 0.6 is 11.6 Å². The summed E-state index contributed by atoms with van der Waals surface area (Å²) in [7, 11) is 0. The normalized spacial score (nSPS) is 11.2. The Hall–Kier alpha value is -4.15. The maximum atomic E-state index is 6.32. The number of fused-ring (bicyclic) bond motifs is 2. The molecule has 0 aliphatic rings. The van der Waals surface area contributed by atoms with Crippen molar-refractivity contribution in [3.05, 3.63) is 109 Å². The van der Waals surface area contributed by atoms with Crippen LogP contribution in [0.25, 0.3) is 55.6 Å². The molecule has 4 nitrogen and oxygen atoms in total. The first-order valence-electron chi connectivity index (χ1n) is 10.6. The molecule has 0 unspecified atom stereocenters. The lowest BCUT2D eigenvalue weighted by atomic mass is 10.0. The van der Waals surface area contributed by atoms with E-state index in [1.54, 1.807) is 0 Å². The summed E-state index contributed by atoms with van der Waals surface area (Å²) in [4.78, 5) is 18.1. The van der Waals surface area contributed by atoms with Crippen LogP contribution in [-0.4, -0.2) is 19.9 Å². The zero-order valence-corrected chi connectivity index (χ0v) is 18.2. The van der Waals surface area contributed by atoms with E-state index in [2.05, 4.69) is 63.5 Å². The highest BCUT2D eigenvalue weighted by molar-refractivity contribution is 6.28. The first kappa shape index (κ1) is 19.5. The van der Waals surface area contributed by atoms with Crippen LogP contribution in [0.3, 0.4) is 0 Å². The first-order valence-corrected chi connectivity index (χ1v) is 11.0. The molecule has 0 amide bonds. The van der Waals surface area contributed by atoms with E-state index < -0.39 is 0 Å². The molecule has 33 heavy (non-hydrogen) atoms. The van der Waals surface area contributed by atoms with Gasteiger partial charge < -0.3 is 0 Å². The second-order valence-electron chi connectivity index (χ2n) is 7.81. The molecule has 0 radical (unpaired) electrons. The highest BCUT2D eigenvalue weighted by Gasteiger charge is 2.11. The van der Waals surface area contributed by atoms with Gasteiger partial charge in [0.05, 0.1) is 5.69 Å². The summed E-state index contributed by atoms with van der Waals surface area (Å²) in [6.45, 7) is 0. The van der Waals surface area contributed by atoms with Crippen LogP contribution in [-0.2, 0) is 0 Å². The second-order valence-corrected chi connectivity index (χ2v) is 8.15. The van der Waals surface area contributed by atoms with Crippen LogP contribution in [0.1, 0.15) is 0 Å². The number of nitrogens with zero attached hydrogens (tertiary/aromatic N) is 4. The van der Waals surface area contributed by atoms with Crippen LogP contribution in [0, 0.1) is 0 Å². The molecule has 6 aromatic rings. The number of pyridine rings is 1. The van der Waals surface area contributed by atoms with Crippen LogP contribution in [0.5, 0.6) is 0 Å². The predicted molar refractivity (Wildman–Crippen MR) is 134 cm³/mol. The van der Waals surface area contributed by atoms with Gasteiger partial charge in [0, 0.05) is 28.3 Å². The Labute approximate surface area is 195 Å². The maximum absolute atomic E-state index is 6.32. The maximum Gasteiger partial charge on any atom is 0.226 e. The van der Waals surface area contributed by atoms with E-state index in [0.717, 1.165) is 38.5 Å². The molecule has 2 aromatic heterocycles. The van der Waals surface area contributed by atoms with Crippen molar-refractivity contribution in [1.29, 1.82) is 0 Å². The number of halogens is 1. The van der Waals surface area contributed by atoms with E-state index in [9.17, 15) is 0 Å². The molecule has 0 fully saturated rings. The van der Waals surface area contributed by atoms with Crippen molar-refractivity contribution < 1.29 is 0 Å². The molecule has 2 heterocycles. The van der Waals surface area contributed by atoms with Crippen LogP contribution < -0.4 is 0 Å². The van der Waals surface area contributed by atoms with Gasteiger partial charge in [-0.3, -0.25) is 4.98 Å². The Bertz CT molecular complexity index is 1630. The molecule has 0 aliphatic carbocycles. The van der Waals surface area contributed by atoms with Gasteiger partial charge in [-0.1, -0.05) is 78.9 Å². The van der Waals surface area contributed by atoms with Gasteiger partial charge in [0.2, 0.25) is 5.28 Å². The van der Waals surface area contributed by atoms with Crippen molar-refractivity contribution in [1.82, 2.24) is 19.9 Å². The quantitative estimate of drug-likeness (QED) is 0.289. The molecule has 0 atom stereocenters. The summed E-state index contributed by atoms with van der Waals surface area (Å²) in [5.41, 5.74) is 3.77. The summed E-state index contributed by atoms with van der Waals surface area (Å²) < 4.78 is 0. The Balaban J connectivity index is 1.44. The Morgan fingerprint density at radius 2 is 1.12 bits per heavy atom. The minimum absolute atomic E-state index is 0.169. The smallest absolute Gasteiger partial charge is 0.226 e. The SMILES string of the molecule is Clc1nc(-c2ccc3ccccc3c2)nc(-c2ccc3cnc(-c4ccccc4)cc3c2)n1. The highest BCUT2D eigenvalue weighted by Crippen LogP contribution is 2.28. The standard InChI is InChI=1S/C28H17ClN4/c29-28-32-26(21-11-10-18-6-4-5-9-20(18)14-21)31-27(33-28)22-12-13-23-17-30-25(16-24(23)15-22)19-7-2-1-3-8-19/h1-17H. The lowest BCUT2D eigenvalue weighted by Gasteiger charge is -2.08. The first-order chi connectivity index (χ1) is 16.2. The van der Waals surface area contributed by atoms with E-state index >= 15 is 0 Å². The van der Waals surface area contributed by atoms with Gasteiger partial charge in [0.1, 0.15) is 0 Å². The van der Waals surface area contributed by atoms with E-state index in [1.807, 2.05) is 54.7 Å². The minimum atomic E-state index is 0.169. The number of benzene rings is 4. The largest absolute Gasteiger partial charge is 0.256 e. The molecule has 0 N–H and O–H groups in total. The van der Waals surface area contributed by atoms with Gasteiger partial charge in [-0.15, -0.1) is 0 Å². The van der Waals surface area contributed by atoms with Crippen molar-refractivity contribution in [2.75, 3.05) is 0 Å².